The molecule has 2 aromatic carbocycles. The summed E-state index contributed by atoms with van der Waals surface area (Å²) in [6.45, 7) is 6.77. The Labute approximate surface area is 215 Å². The molecule has 5 atom stereocenters. The quantitative estimate of drug-likeness (QED) is 0.273. The number of amides is 2. The van der Waals surface area contributed by atoms with Crippen LogP contribution in [0, 0.1) is 33.3 Å². The largest absolute Gasteiger partial charge is 0.494 e. The molecule has 0 radical (unpaired) electrons. The molecule has 192 valence electrons. The molecule has 2 amide bonds. The lowest BCUT2D eigenvalue weighted by Crippen LogP contribution is -2.41. The zero-order valence-corrected chi connectivity index (χ0v) is 21.5. The average Bonchev–Trinajstić information content (AvgIpc) is 3.38. The molecule has 37 heavy (non-hydrogen) atoms. The normalized spacial score (nSPS) is 27.1. The molecular weight excluding hydrogens is 470 g/mol. The molecule has 3 aromatic rings. The summed E-state index contributed by atoms with van der Waals surface area (Å²) in [5.74, 6) is -0.812. The number of hydrogen-bond donors (Lipinski definition) is 1. The second-order valence-corrected chi connectivity index (χ2v) is 11.8. The van der Waals surface area contributed by atoms with Crippen LogP contribution in [0.2, 0.25) is 0 Å². The number of hydrogen-bond acceptors (Lipinski definition) is 5. The summed E-state index contributed by atoms with van der Waals surface area (Å²) in [6.07, 6.45) is 2.95. The number of fused-ring (bicyclic) bond motifs is 8. The highest BCUT2D eigenvalue weighted by molar-refractivity contribution is 6.25. The minimum atomic E-state index is -0.616. The lowest BCUT2D eigenvalue weighted by Gasteiger charge is -2.47. The van der Waals surface area contributed by atoms with Gasteiger partial charge in [0.2, 0.25) is 11.8 Å². The number of non-ortho nitro benzene ring substituents is 1. The third-order valence-corrected chi connectivity index (χ3v) is 9.01. The van der Waals surface area contributed by atoms with Gasteiger partial charge in [-0.05, 0) is 60.1 Å². The predicted molar refractivity (Wildman–Crippen MR) is 140 cm³/mol. The van der Waals surface area contributed by atoms with Crippen LogP contribution >= 0.6 is 0 Å². The van der Waals surface area contributed by atoms with Crippen LogP contribution in [-0.2, 0) is 9.59 Å². The number of anilines is 1. The first kappa shape index (κ1) is 23.7. The third-order valence-electron chi connectivity index (χ3n) is 9.01. The fourth-order valence-corrected chi connectivity index (χ4v) is 7.20. The monoisotopic (exact) mass is 501 g/mol. The Morgan fingerprint density at radius 3 is 2.54 bits per heavy atom. The second kappa shape index (κ2) is 8.16. The van der Waals surface area contributed by atoms with Gasteiger partial charge in [0, 0.05) is 22.7 Å². The van der Waals surface area contributed by atoms with E-state index in [0.717, 1.165) is 35.9 Å². The predicted octanol–water partition coefficient (Wildman–Crippen LogP) is 5.92. The van der Waals surface area contributed by atoms with Crippen molar-refractivity contribution in [1.29, 1.82) is 0 Å². The van der Waals surface area contributed by atoms with Crippen molar-refractivity contribution in [1.82, 2.24) is 4.98 Å². The molecule has 3 aliphatic rings. The number of aromatic nitrogens is 1. The van der Waals surface area contributed by atoms with Gasteiger partial charge in [-0.1, -0.05) is 39.0 Å². The van der Waals surface area contributed by atoms with Gasteiger partial charge in [-0.25, -0.2) is 4.90 Å². The van der Waals surface area contributed by atoms with Crippen molar-refractivity contribution in [3.63, 3.8) is 0 Å². The number of nitro groups is 1. The van der Waals surface area contributed by atoms with E-state index >= 15 is 0 Å². The number of nitrogens with zero attached hydrogens (tertiary/aromatic N) is 2. The summed E-state index contributed by atoms with van der Waals surface area (Å²) in [6, 6.07) is 12.2. The van der Waals surface area contributed by atoms with E-state index in [9.17, 15) is 19.7 Å². The Balaban J connectivity index is 1.52. The summed E-state index contributed by atoms with van der Waals surface area (Å²) in [5.41, 5.74) is 3.23. The van der Waals surface area contributed by atoms with Crippen molar-refractivity contribution in [2.75, 3.05) is 12.0 Å². The van der Waals surface area contributed by atoms with Gasteiger partial charge < -0.3 is 9.72 Å². The fraction of sp³-hybridized carbons (Fsp3) is 0.448. The number of benzene rings is 2. The second-order valence-electron chi connectivity index (χ2n) is 11.8. The smallest absolute Gasteiger partial charge is 0.273 e. The van der Waals surface area contributed by atoms with Crippen LogP contribution in [0.25, 0.3) is 10.9 Å². The van der Waals surface area contributed by atoms with Gasteiger partial charge in [-0.3, -0.25) is 19.7 Å². The molecule has 8 nitrogen and oxygen atoms in total. The van der Waals surface area contributed by atoms with Gasteiger partial charge in [-0.2, -0.15) is 0 Å². The van der Waals surface area contributed by atoms with Crippen LogP contribution in [0.15, 0.2) is 42.5 Å². The van der Waals surface area contributed by atoms with Gasteiger partial charge in [0.1, 0.15) is 5.75 Å². The molecule has 1 aromatic heterocycles. The first-order chi connectivity index (χ1) is 17.6. The van der Waals surface area contributed by atoms with Crippen molar-refractivity contribution in [3.8, 4) is 5.75 Å². The molecule has 8 heteroatoms. The zero-order chi connectivity index (χ0) is 26.2. The number of carbonyl (C=O) groups is 2. The Hall–Kier alpha value is -3.68. The first-order valence-electron chi connectivity index (χ1n) is 12.9. The SMILES string of the molecule is COc1cc([N+](=O)[O-])ccc1N1C(=O)[C@@H]2[C@@H]3C[C@@H](C(C)(C)C)CC[C@@H]3c3c([nH]c4ccccc34)[C@H]2C1=O. The topological polar surface area (TPSA) is 106 Å². The van der Waals surface area contributed by atoms with Crippen LogP contribution in [0.3, 0.4) is 0 Å². The molecule has 0 spiro atoms. The van der Waals surface area contributed by atoms with Crippen LogP contribution in [0.5, 0.6) is 5.75 Å². The van der Waals surface area contributed by atoms with E-state index in [0.29, 0.717) is 5.92 Å². The Morgan fingerprint density at radius 2 is 1.84 bits per heavy atom. The van der Waals surface area contributed by atoms with Gasteiger partial charge in [0.25, 0.3) is 5.69 Å². The van der Waals surface area contributed by atoms with Crippen molar-refractivity contribution in [2.45, 2.75) is 51.9 Å². The summed E-state index contributed by atoms with van der Waals surface area (Å²) >= 11 is 0. The lowest BCUT2D eigenvalue weighted by atomic mass is 9.56. The maximum absolute atomic E-state index is 14.2. The van der Waals surface area contributed by atoms with E-state index in [1.165, 1.54) is 35.8 Å². The number of imide groups is 1. The number of para-hydroxylation sites is 1. The standard InChI is InChI=1S/C29H31N3O5/c1-29(2,3)15-9-11-17-19(13-15)24-25(26-23(17)18-7-5-6-8-20(18)30-26)28(34)31(27(24)33)21-12-10-16(32(35)36)14-22(21)37-4/h5-8,10,12,14-15,17,19,24-25,30H,9,11,13H2,1-4H3/t15-,17-,19+,24+,25-/m0/s1. The van der Waals surface area contributed by atoms with Gasteiger partial charge in [-0.15, -0.1) is 0 Å². The van der Waals surface area contributed by atoms with Crippen LogP contribution in [0.4, 0.5) is 11.4 Å². The maximum Gasteiger partial charge on any atom is 0.273 e. The molecule has 1 saturated heterocycles. The molecular formula is C29H31N3O5. The highest BCUT2D eigenvalue weighted by Gasteiger charge is 2.60. The van der Waals surface area contributed by atoms with Crippen molar-refractivity contribution < 1.29 is 19.2 Å². The average molecular weight is 502 g/mol. The Bertz CT molecular complexity index is 1450. The molecule has 0 bridgehead atoms. The molecule has 1 saturated carbocycles. The maximum atomic E-state index is 14.2. The number of methoxy groups -OCH3 is 1. The highest BCUT2D eigenvalue weighted by atomic mass is 16.6. The Kier molecular flexibility index (Phi) is 5.23. The van der Waals surface area contributed by atoms with Gasteiger partial charge in [0.15, 0.2) is 0 Å². The number of aromatic amines is 1. The van der Waals surface area contributed by atoms with Crippen LogP contribution < -0.4 is 9.64 Å². The van der Waals surface area contributed by atoms with Gasteiger partial charge >= 0.3 is 0 Å². The molecule has 2 fully saturated rings. The number of nitrogens with one attached hydrogen (secondary N) is 1. The number of carbonyl (C=O) groups excluding carboxylic acids is 2. The van der Waals surface area contributed by atoms with E-state index in [1.54, 1.807) is 0 Å². The van der Waals surface area contributed by atoms with Crippen molar-refractivity contribution in [3.05, 3.63) is 63.8 Å². The summed E-state index contributed by atoms with van der Waals surface area (Å²) in [5, 5.41) is 12.5. The van der Waals surface area contributed by atoms with Crippen molar-refractivity contribution in [2.24, 2.45) is 23.2 Å². The van der Waals surface area contributed by atoms with Crippen LogP contribution in [-0.4, -0.2) is 28.8 Å². The number of nitro benzene ring substituents is 1. The summed E-state index contributed by atoms with van der Waals surface area (Å²) in [7, 11) is 1.39. The molecule has 2 heterocycles. The van der Waals surface area contributed by atoms with E-state index in [2.05, 4.69) is 31.8 Å². The first-order valence-corrected chi connectivity index (χ1v) is 12.9. The van der Waals surface area contributed by atoms with Crippen molar-refractivity contribution >= 4 is 34.1 Å². The molecule has 0 unspecified atom stereocenters. The summed E-state index contributed by atoms with van der Waals surface area (Å²) < 4.78 is 5.43. The van der Waals surface area contributed by atoms with Crippen LogP contribution in [0.1, 0.15) is 63.1 Å². The minimum absolute atomic E-state index is 0.0418. The summed E-state index contributed by atoms with van der Waals surface area (Å²) in [4.78, 5) is 43.8. The zero-order valence-electron chi connectivity index (χ0n) is 21.5. The van der Waals surface area contributed by atoms with E-state index in [-0.39, 0.29) is 46.2 Å². The highest BCUT2D eigenvalue weighted by Crippen LogP contribution is 2.60. The minimum Gasteiger partial charge on any atom is -0.494 e. The third kappa shape index (κ3) is 3.41. The fourth-order valence-electron chi connectivity index (χ4n) is 7.20. The molecule has 1 aliphatic heterocycles. The Morgan fingerprint density at radius 1 is 1.08 bits per heavy atom. The molecule has 6 rings (SSSR count). The van der Waals surface area contributed by atoms with E-state index in [4.69, 9.17) is 4.74 Å². The number of H-pyrrole nitrogens is 1. The van der Waals surface area contributed by atoms with Gasteiger partial charge in [0.05, 0.1) is 35.6 Å². The molecule has 1 N–H and O–H groups in total. The lowest BCUT2D eigenvalue weighted by molar-refractivity contribution is -0.384. The van der Waals surface area contributed by atoms with E-state index in [1.807, 2.05) is 18.2 Å². The number of rotatable bonds is 3. The molecule has 2 aliphatic carbocycles. The number of ether oxygens (including phenoxy) is 1. The van der Waals surface area contributed by atoms with E-state index < -0.39 is 16.8 Å².